The van der Waals surface area contributed by atoms with Gasteiger partial charge in [0.2, 0.25) is 10.0 Å². The maximum Gasteiger partial charge on any atom is 0.255 e. The molecule has 27 heavy (non-hydrogen) atoms. The number of hydrogen-bond donors (Lipinski definition) is 1. The van der Waals surface area contributed by atoms with Crippen LogP contribution >= 0.6 is 11.6 Å². The summed E-state index contributed by atoms with van der Waals surface area (Å²) < 4.78 is 28.3. The summed E-state index contributed by atoms with van der Waals surface area (Å²) in [7, 11) is -3.58. The largest absolute Gasteiger partial charge is 0.338 e. The predicted molar refractivity (Wildman–Crippen MR) is 107 cm³/mol. The van der Waals surface area contributed by atoms with Crippen LogP contribution in [0.4, 0.5) is 0 Å². The molecule has 0 bridgehead atoms. The number of sulfonamides is 1. The molecule has 0 radical (unpaired) electrons. The van der Waals surface area contributed by atoms with E-state index in [1.807, 2.05) is 19.1 Å². The summed E-state index contributed by atoms with van der Waals surface area (Å²) in [4.78, 5) is 14.7. The van der Waals surface area contributed by atoms with Gasteiger partial charge in [-0.15, -0.1) is 0 Å². The molecular weight excluding hydrogens is 384 g/mol. The Bertz CT molecular complexity index is 951. The lowest BCUT2D eigenvalue weighted by atomic mass is 10.0. The van der Waals surface area contributed by atoms with Crippen molar-refractivity contribution in [1.82, 2.24) is 9.62 Å². The van der Waals surface area contributed by atoms with E-state index in [0.717, 1.165) is 11.1 Å². The molecule has 1 saturated heterocycles. The first-order chi connectivity index (χ1) is 12.8. The van der Waals surface area contributed by atoms with Crippen LogP contribution in [-0.4, -0.2) is 38.4 Å². The van der Waals surface area contributed by atoms with Crippen molar-refractivity contribution >= 4 is 27.5 Å². The van der Waals surface area contributed by atoms with Crippen LogP contribution in [0.15, 0.2) is 47.4 Å². The van der Waals surface area contributed by atoms with Gasteiger partial charge in [-0.2, -0.15) is 0 Å². The van der Waals surface area contributed by atoms with Crippen molar-refractivity contribution in [1.29, 1.82) is 0 Å². The van der Waals surface area contributed by atoms with Crippen LogP contribution in [0.1, 0.15) is 34.3 Å². The Labute approximate surface area is 165 Å². The van der Waals surface area contributed by atoms with Crippen LogP contribution in [0.5, 0.6) is 0 Å². The first-order valence-electron chi connectivity index (χ1n) is 8.91. The topological polar surface area (TPSA) is 66.5 Å². The maximum absolute atomic E-state index is 12.7. The van der Waals surface area contributed by atoms with Gasteiger partial charge in [0.25, 0.3) is 5.91 Å². The molecule has 1 amide bonds. The summed E-state index contributed by atoms with van der Waals surface area (Å²) in [5.74, 6) is -0.114. The first-order valence-corrected chi connectivity index (χ1v) is 10.8. The summed E-state index contributed by atoms with van der Waals surface area (Å²) in [5.41, 5.74) is 2.11. The van der Waals surface area contributed by atoms with Crippen molar-refractivity contribution in [2.75, 3.05) is 13.1 Å². The van der Waals surface area contributed by atoms with Crippen LogP contribution in [0.3, 0.4) is 0 Å². The van der Waals surface area contributed by atoms with Gasteiger partial charge in [0.05, 0.1) is 15.5 Å². The molecule has 2 aromatic rings. The number of amides is 1. The number of benzene rings is 2. The van der Waals surface area contributed by atoms with Gasteiger partial charge in [0.15, 0.2) is 0 Å². The summed E-state index contributed by atoms with van der Waals surface area (Å²) in [5, 5.41) is 0.431. The third-order valence-electron chi connectivity index (χ3n) is 4.84. The van der Waals surface area contributed by atoms with Crippen molar-refractivity contribution < 1.29 is 13.2 Å². The Morgan fingerprint density at radius 3 is 2.44 bits per heavy atom. The summed E-state index contributed by atoms with van der Waals surface area (Å²) in [6.45, 7) is 4.64. The van der Waals surface area contributed by atoms with E-state index in [9.17, 15) is 13.2 Å². The zero-order chi connectivity index (χ0) is 19.6. The lowest BCUT2D eigenvalue weighted by Crippen LogP contribution is -2.46. The number of rotatable bonds is 4. The Balaban J connectivity index is 1.65. The molecule has 2 aromatic carbocycles. The molecule has 1 aliphatic rings. The summed E-state index contributed by atoms with van der Waals surface area (Å²) in [6, 6.07) is 12.2. The second kappa shape index (κ2) is 8.00. The number of hydrogen-bond acceptors (Lipinski definition) is 3. The first kappa shape index (κ1) is 19.9. The number of piperidine rings is 1. The SMILES string of the molecule is Cc1ccc(C)c(S(=O)(=O)NC2CCN(C(=O)c3ccccc3Cl)CC2)c1. The molecule has 0 atom stereocenters. The normalized spacial score (nSPS) is 15.7. The lowest BCUT2D eigenvalue weighted by Gasteiger charge is -2.32. The highest BCUT2D eigenvalue weighted by molar-refractivity contribution is 7.89. The van der Waals surface area contributed by atoms with E-state index in [1.165, 1.54) is 0 Å². The third-order valence-corrected chi connectivity index (χ3v) is 6.83. The summed E-state index contributed by atoms with van der Waals surface area (Å²) in [6.07, 6.45) is 1.14. The molecule has 1 heterocycles. The second-order valence-electron chi connectivity index (χ2n) is 6.94. The maximum atomic E-state index is 12.7. The molecule has 1 fully saturated rings. The molecule has 1 N–H and O–H groups in total. The van der Waals surface area contributed by atoms with Gasteiger partial charge in [-0.05, 0) is 56.0 Å². The van der Waals surface area contributed by atoms with Crippen molar-refractivity contribution in [3.8, 4) is 0 Å². The fourth-order valence-electron chi connectivity index (χ4n) is 3.29. The molecular formula is C20H23ClN2O3S. The molecule has 3 rings (SSSR count). The number of carbonyl (C=O) groups is 1. The third kappa shape index (κ3) is 4.51. The number of nitrogens with one attached hydrogen (secondary N) is 1. The minimum Gasteiger partial charge on any atom is -0.338 e. The van der Waals surface area contributed by atoms with E-state index >= 15 is 0 Å². The highest BCUT2D eigenvalue weighted by Gasteiger charge is 2.28. The van der Waals surface area contributed by atoms with Gasteiger partial charge in [-0.3, -0.25) is 4.79 Å². The van der Waals surface area contributed by atoms with Gasteiger partial charge < -0.3 is 4.90 Å². The van der Waals surface area contributed by atoms with Gasteiger partial charge in [0.1, 0.15) is 0 Å². The molecule has 7 heteroatoms. The standard InChI is InChI=1S/C20H23ClN2O3S/c1-14-7-8-15(2)19(13-14)27(25,26)22-16-9-11-23(12-10-16)20(24)17-5-3-4-6-18(17)21/h3-8,13,16,22H,9-12H2,1-2H3. The summed E-state index contributed by atoms with van der Waals surface area (Å²) >= 11 is 6.11. The number of nitrogens with zero attached hydrogens (tertiary/aromatic N) is 1. The van der Waals surface area contributed by atoms with Crippen LogP contribution in [0.2, 0.25) is 5.02 Å². The van der Waals surface area contributed by atoms with Crippen molar-refractivity contribution in [2.45, 2.75) is 37.6 Å². The van der Waals surface area contributed by atoms with E-state index in [0.29, 0.717) is 41.4 Å². The van der Waals surface area contributed by atoms with E-state index in [-0.39, 0.29) is 11.9 Å². The molecule has 0 aliphatic carbocycles. The van der Waals surface area contributed by atoms with Crippen LogP contribution < -0.4 is 4.72 Å². The fraction of sp³-hybridized carbons (Fsp3) is 0.350. The number of likely N-dealkylation sites (tertiary alicyclic amines) is 1. The quantitative estimate of drug-likeness (QED) is 0.844. The van der Waals surface area contributed by atoms with E-state index < -0.39 is 10.0 Å². The zero-order valence-electron chi connectivity index (χ0n) is 15.4. The van der Waals surface area contributed by atoms with Crippen molar-refractivity contribution in [3.63, 3.8) is 0 Å². The molecule has 0 spiro atoms. The van der Waals surface area contributed by atoms with Crippen molar-refractivity contribution in [2.24, 2.45) is 0 Å². The average Bonchev–Trinajstić information content (AvgIpc) is 2.64. The Hall–Kier alpha value is -1.89. The Morgan fingerprint density at radius 2 is 1.78 bits per heavy atom. The predicted octanol–water partition coefficient (Wildman–Crippen LogP) is 3.54. The van der Waals surface area contributed by atoms with Crippen LogP contribution in [-0.2, 0) is 10.0 Å². The molecule has 5 nitrogen and oxygen atoms in total. The molecule has 0 unspecified atom stereocenters. The minimum atomic E-state index is -3.58. The van der Waals surface area contributed by atoms with E-state index in [2.05, 4.69) is 4.72 Å². The Kier molecular flexibility index (Phi) is 5.89. The monoisotopic (exact) mass is 406 g/mol. The highest BCUT2D eigenvalue weighted by atomic mass is 35.5. The lowest BCUT2D eigenvalue weighted by molar-refractivity contribution is 0.0711. The van der Waals surface area contributed by atoms with Crippen molar-refractivity contribution in [3.05, 3.63) is 64.2 Å². The fourth-order valence-corrected chi connectivity index (χ4v) is 5.14. The number of halogens is 1. The minimum absolute atomic E-state index is 0.114. The van der Waals surface area contributed by atoms with Gasteiger partial charge in [0, 0.05) is 19.1 Å². The van der Waals surface area contributed by atoms with Gasteiger partial charge >= 0.3 is 0 Å². The van der Waals surface area contributed by atoms with Crippen LogP contribution in [0, 0.1) is 13.8 Å². The molecule has 0 aromatic heterocycles. The second-order valence-corrected chi connectivity index (χ2v) is 9.03. The Morgan fingerprint density at radius 1 is 1.11 bits per heavy atom. The molecule has 144 valence electrons. The van der Waals surface area contributed by atoms with Gasteiger partial charge in [-0.25, -0.2) is 13.1 Å². The number of aryl methyl sites for hydroxylation is 2. The smallest absolute Gasteiger partial charge is 0.255 e. The van der Waals surface area contributed by atoms with E-state index in [1.54, 1.807) is 42.2 Å². The molecule has 1 aliphatic heterocycles. The number of carbonyl (C=O) groups excluding carboxylic acids is 1. The van der Waals surface area contributed by atoms with E-state index in [4.69, 9.17) is 11.6 Å². The zero-order valence-corrected chi connectivity index (χ0v) is 17.0. The van der Waals surface area contributed by atoms with Gasteiger partial charge in [-0.1, -0.05) is 35.9 Å². The van der Waals surface area contributed by atoms with Crippen LogP contribution in [0.25, 0.3) is 0 Å². The average molecular weight is 407 g/mol. The molecule has 0 saturated carbocycles. The highest BCUT2D eigenvalue weighted by Crippen LogP contribution is 2.22.